The summed E-state index contributed by atoms with van der Waals surface area (Å²) in [4.78, 5) is 4.44. The zero-order valence-corrected chi connectivity index (χ0v) is 10.8. The van der Waals surface area contributed by atoms with Crippen molar-refractivity contribution in [3.63, 3.8) is 0 Å². The molecule has 0 amide bonds. The second-order valence-corrected chi connectivity index (χ2v) is 5.72. The molecular weight excluding hydrogens is 218 g/mol. The molecule has 2 heterocycles. The molecule has 17 heavy (non-hydrogen) atoms. The molecule has 2 N–H and O–H groups in total. The molecule has 1 aromatic heterocycles. The second-order valence-electron chi connectivity index (χ2n) is 5.72. The van der Waals surface area contributed by atoms with E-state index < -0.39 is 0 Å². The van der Waals surface area contributed by atoms with Crippen LogP contribution in [0.3, 0.4) is 0 Å². The first kappa shape index (κ1) is 12.5. The Hall–Kier alpha value is -0.940. The van der Waals surface area contributed by atoms with E-state index in [1.54, 1.807) is 0 Å². The van der Waals surface area contributed by atoms with Crippen LogP contribution < -0.4 is 5.73 Å². The molecule has 0 unspecified atom stereocenters. The Morgan fingerprint density at radius 1 is 1.29 bits per heavy atom. The van der Waals surface area contributed by atoms with Gasteiger partial charge in [0, 0.05) is 19.1 Å². The van der Waals surface area contributed by atoms with Crippen molar-refractivity contribution in [3.8, 4) is 0 Å². The van der Waals surface area contributed by atoms with Gasteiger partial charge >= 0.3 is 0 Å². The van der Waals surface area contributed by atoms with E-state index >= 15 is 0 Å². The maximum atomic E-state index is 6.09. The highest BCUT2D eigenvalue weighted by atomic mass is 16.5. The van der Waals surface area contributed by atoms with Crippen LogP contribution in [0.25, 0.3) is 0 Å². The fourth-order valence-corrected chi connectivity index (χ4v) is 1.87. The molecule has 0 aliphatic carbocycles. The Kier molecular flexibility index (Phi) is 3.49. The van der Waals surface area contributed by atoms with Crippen LogP contribution in [0.5, 0.6) is 0 Å². The fourth-order valence-electron chi connectivity index (χ4n) is 1.87. The van der Waals surface area contributed by atoms with Crippen LogP contribution in [0.4, 0.5) is 0 Å². The van der Waals surface area contributed by atoms with Gasteiger partial charge in [0.25, 0.3) is 0 Å². The lowest BCUT2D eigenvalue weighted by atomic mass is 9.87. The number of aromatic nitrogens is 2. The summed E-state index contributed by atoms with van der Waals surface area (Å²) in [5.74, 6) is 1.68. The summed E-state index contributed by atoms with van der Waals surface area (Å²) in [6, 6.07) is -0.219. The van der Waals surface area contributed by atoms with Crippen molar-refractivity contribution in [1.82, 2.24) is 10.1 Å². The Bertz CT molecular complexity index is 364. The average molecular weight is 239 g/mol. The molecule has 1 aliphatic rings. The molecule has 1 fully saturated rings. The number of nitrogens with two attached hydrogens (primary N) is 1. The van der Waals surface area contributed by atoms with Crippen LogP contribution in [-0.2, 0) is 4.74 Å². The van der Waals surface area contributed by atoms with Gasteiger partial charge in [-0.15, -0.1) is 0 Å². The molecule has 0 spiro atoms. The van der Waals surface area contributed by atoms with Crippen LogP contribution in [0, 0.1) is 5.41 Å². The van der Waals surface area contributed by atoms with Gasteiger partial charge in [-0.25, -0.2) is 0 Å². The quantitative estimate of drug-likeness (QED) is 0.854. The van der Waals surface area contributed by atoms with Gasteiger partial charge in [-0.05, 0) is 18.3 Å². The lowest BCUT2D eigenvalue weighted by molar-refractivity contribution is 0.0830. The van der Waals surface area contributed by atoms with Crippen molar-refractivity contribution in [2.24, 2.45) is 11.1 Å². The lowest BCUT2D eigenvalue weighted by Gasteiger charge is -2.23. The molecule has 0 aromatic carbocycles. The number of ether oxygens (including phenoxy) is 1. The van der Waals surface area contributed by atoms with E-state index in [9.17, 15) is 0 Å². The summed E-state index contributed by atoms with van der Waals surface area (Å²) in [6.45, 7) is 7.75. The summed E-state index contributed by atoms with van der Waals surface area (Å²) >= 11 is 0. The SMILES string of the molecule is CC(C)(C)[C@@H](N)c1nc(C2CCOCC2)no1. The number of hydrogen-bond donors (Lipinski definition) is 1. The van der Waals surface area contributed by atoms with Crippen LogP contribution in [0.2, 0.25) is 0 Å². The van der Waals surface area contributed by atoms with E-state index in [4.69, 9.17) is 15.0 Å². The van der Waals surface area contributed by atoms with E-state index in [1.165, 1.54) is 0 Å². The van der Waals surface area contributed by atoms with Crippen molar-refractivity contribution in [2.75, 3.05) is 13.2 Å². The third kappa shape index (κ3) is 2.84. The summed E-state index contributed by atoms with van der Waals surface area (Å²) in [7, 11) is 0. The summed E-state index contributed by atoms with van der Waals surface area (Å²) < 4.78 is 10.6. The highest BCUT2D eigenvalue weighted by Crippen LogP contribution is 2.31. The van der Waals surface area contributed by atoms with Crippen LogP contribution >= 0.6 is 0 Å². The van der Waals surface area contributed by atoms with Gasteiger partial charge in [0.2, 0.25) is 5.89 Å². The molecule has 1 saturated heterocycles. The van der Waals surface area contributed by atoms with E-state index in [2.05, 4.69) is 30.9 Å². The van der Waals surface area contributed by atoms with Gasteiger partial charge in [0.15, 0.2) is 5.82 Å². The molecule has 1 aromatic rings. The molecule has 96 valence electrons. The Balaban J connectivity index is 2.10. The topological polar surface area (TPSA) is 74.2 Å². The zero-order valence-electron chi connectivity index (χ0n) is 10.8. The maximum absolute atomic E-state index is 6.09. The molecule has 0 radical (unpaired) electrons. The molecule has 5 heteroatoms. The molecular formula is C12H21N3O2. The summed E-state index contributed by atoms with van der Waals surface area (Å²) in [6.07, 6.45) is 1.92. The first-order chi connectivity index (χ1) is 7.98. The third-order valence-corrected chi connectivity index (χ3v) is 3.24. The van der Waals surface area contributed by atoms with Crippen LogP contribution in [0.15, 0.2) is 4.52 Å². The van der Waals surface area contributed by atoms with Crippen molar-refractivity contribution in [3.05, 3.63) is 11.7 Å². The minimum Gasteiger partial charge on any atom is -0.381 e. The fraction of sp³-hybridized carbons (Fsp3) is 0.833. The summed E-state index contributed by atoms with van der Waals surface area (Å²) in [5.41, 5.74) is 6.02. The van der Waals surface area contributed by atoms with Crippen LogP contribution in [-0.4, -0.2) is 23.4 Å². The first-order valence-corrected chi connectivity index (χ1v) is 6.15. The van der Waals surface area contributed by atoms with Gasteiger partial charge in [0.1, 0.15) is 0 Å². The molecule has 0 bridgehead atoms. The van der Waals surface area contributed by atoms with E-state index in [0.29, 0.717) is 11.8 Å². The van der Waals surface area contributed by atoms with Crippen molar-refractivity contribution in [1.29, 1.82) is 0 Å². The Morgan fingerprint density at radius 2 is 1.94 bits per heavy atom. The average Bonchev–Trinajstić information content (AvgIpc) is 2.77. The van der Waals surface area contributed by atoms with Gasteiger partial charge in [-0.2, -0.15) is 4.98 Å². The number of hydrogen-bond acceptors (Lipinski definition) is 5. The Labute approximate surface area is 102 Å². The molecule has 2 rings (SSSR count). The van der Waals surface area contributed by atoms with Gasteiger partial charge in [-0.1, -0.05) is 25.9 Å². The zero-order chi connectivity index (χ0) is 12.5. The minimum atomic E-state index is -0.219. The molecule has 1 aliphatic heterocycles. The number of nitrogens with zero attached hydrogens (tertiary/aromatic N) is 2. The standard InChI is InChI=1S/C12H21N3O2/c1-12(2,3)9(13)11-14-10(15-17-11)8-4-6-16-7-5-8/h8-9H,4-7,13H2,1-3H3/t9-/m0/s1. The number of rotatable bonds is 2. The van der Waals surface area contributed by atoms with E-state index in [1.807, 2.05) is 0 Å². The van der Waals surface area contributed by atoms with Crippen molar-refractivity contribution < 1.29 is 9.26 Å². The van der Waals surface area contributed by atoms with Gasteiger partial charge in [0.05, 0.1) is 6.04 Å². The van der Waals surface area contributed by atoms with E-state index in [-0.39, 0.29) is 11.5 Å². The normalized spacial score (nSPS) is 20.5. The second kappa shape index (κ2) is 4.74. The monoisotopic (exact) mass is 239 g/mol. The van der Waals surface area contributed by atoms with Crippen molar-refractivity contribution >= 4 is 0 Å². The lowest BCUT2D eigenvalue weighted by Crippen LogP contribution is -2.26. The van der Waals surface area contributed by atoms with Crippen molar-refractivity contribution in [2.45, 2.75) is 45.6 Å². The maximum Gasteiger partial charge on any atom is 0.244 e. The molecule has 1 atom stereocenters. The van der Waals surface area contributed by atoms with Crippen LogP contribution in [0.1, 0.15) is 57.3 Å². The van der Waals surface area contributed by atoms with Gasteiger partial charge in [-0.3, -0.25) is 0 Å². The minimum absolute atomic E-state index is 0.0700. The largest absolute Gasteiger partial charge is 0.381 e. The third-order valence-electron chi connectivity index (χ3n) is 3.24. The van der Waals surface area contributed by atoms with Gasteiger partial charge < -0.3 is 15.0 Å². The predicted octanol–water partition coefficient (Wildman–Crippen LogP) is 2.01. The Morgan fingerprint density at radius 3 is 2.53 bits per heavy atom. The highest BCUT2D eigenvalue weighted by molar-refractivity contribution is 5.01. The summed E-state index contributed by atoms with van der Waals surface area (Å²) in [5, 5.41) is 4.05. The predicted molar refractivity (Wildman–Crippen MR) is 63.5 cm³/mol. The molecule has 5 nitrogen and oxygen atoms in total. The molecule has 0 saturated carbocycles. The highest BCUT2D eigenvalue weighted by Gasteiger charge is 2.29. The smallest absolute Gasteiger partial charge is 0.244 e. The van der Waals surface area contributed by atoms with E-state index in [0.717, 1.165) is 31.9 Å². The first-order valence-electron chi connectivity index (χ1n) is 6.15.